The maximum atomic E-state index is 12.3. The highest BCUT2D eigenvalue weighted by atomic mass is 16.4. The lowest BCUT2D eigenvalue weighted by atomic mass is 10.00. The molecule has 98 valence electrons. The molecule has 2 fully saturated rings. The number of amides is 1. The van der Waals surface area contributed by atoms with Crippen LogP contribution in [0.1, 0.15) is 36.1 Å². The molecule has 0 bridgehead atoms. The van der Waals surface area contributed by atoms with Gasteiger partial charge in [-0.05, 0) is 30.9 Å². The van der Waals surface area contributed by atoms with Crippen LogP contribution >= 0.6 is 0 Å². The van der Waals surface area contributed by atoms with E-state index in [0.29, 0.717) is 18.2 Å². The molecule has 0 spiro atoms. The van der Waals surface area contributed by atoms with Crippen LogP contribution in [0, 0.1) is 11.8 Å². The summed E-state index contributed by atoms with van der Waals surface area (Å²) in [5, 5.41) is 9.85. The van der Waals surface area contributed by atoms with E-state index in [-0.39, 0.29) is 17.9 Å². The number of aliphatic hydroxyl groups is 1. The van der Waals surface area contributed by atoms with E-state index < -0.39 is 0 Å². The largest absolute Gasteiger partial charge is 0.456 e. The minimum absolute atomic E-state index is 0.0312. The highest BCUT2D eigenvalue weighted by molar-refractivity contribution is 5.91. The molecule has 18 heavy (non-hydrogen) atoms. The Balaban J connectivity index is 1.71. The van der Waals surface area contributed by atoms with E-state index >= 15 is 0 Å². The Morgan fingerprint density at radius 2 is 2.28 bits per heavy atom. The molecule has 1 saturated heterocycles. The van der Waals surface area contributed by atoms with Crippen LogP contribution in [0.5, 0.6) is 0 Å². The first kappa shape index (κ1) is 11.8. The van der Waals surface area contributed by atoms with Crippen molar-refractivity contribution in [3.8, 4) is 0 Å². The predicted molar refractivity (Wildman–Crippen MR) is 66.2 cm³/mol. The number of furan rings is 1. The van der Waals surface area contributed by atoms with Crippen molar-refractivity contribution in [3.63, 3.8) is 0 Å². The first-order valence-corrected chi connectivity index (χ1v) is 6.75. The molecule has 1 aliphatic heterocycles. The molecule has 0 radical (unpaired) electrons. The summed E-state index contributed by atoms with van der Waals surface area (Å²) in [4.78, 5) is 14.1. The lowest BCUT2D eigenvalue weighted by molar-refractivity contribution is 0.0720. The third kappa shape index (κ3) is 1.85. The fourth-order valence-corrected chi connectivity index (χ4v) is 3.24. The zero-order valence-electron chi connectivity index (χ0n) is 10.6. The average Bonchev–Trinajstić information content (AvgIpc) is 3.06. The lowest BCUT2D eigenvalue weighted by Crippen LogP contribution is -2.30. The van der Waals surface area contributed by atoms with E-state index in [1.54, 1.807) is 6.07 Å². The van der Waals surface area contributed by atoms with Crippen LogP contribution < -0.4 is 0 Å². The summed E-state index contributed by atoms with van der Waals surface area (Å²) in [5.41, 5.74) is 0. The molecule has 0 aromatic carbocycles. The van der Waals surface area contributed by atoms with Gasteiger partial charge in [-0.1, -0.05) is 6.92 Å². The number of nitrogens with zero attached hydrogens (tertiary/aromatic N) is 1. The number of aryl methyl sites for hydroxylation is 1. The zero-order valence-corrected chi connectivity index (χ0v) is 10.6. The standard InChI is InChI=1S/C14H19NO3/c1-2-10-4-6-13(18-10)14(17)15-7-9-3-5-12(16)11(9)8-15/h4,6,9,11-12,16H,2-3,5,7-8H2,1H3. The number of carbonyl (C=O) groups excluding carboxylic acids is 1. The van der Waals surface area contributed by atoms with Crippen molar-refractivity contribution in [2.24, 2.45) is 11.8 Å². The van der Waals surface area contributed by atoms with Crippen molar-refractivity contribution in [2.75, 3.05) is 13.1 Å². The molecule has 1 amide bonds. The third-order valence-electron chi connectivity index (χ3n) is 4.33. The van der Waals surface area contributed by atoms with Crippen LogP contribution in [0.25, 0.3) is 0 Å². The van der Waals surface area contributed by atoms with Crippen LogP contribution in [-0.2, 0) is 6.42 Å². The van der Waals surface area contributed by atoms with Gasteiger partial charge in [0.25, 0.3) is 5.91 Å². The molecule has 3 atom stereocenters. The molecule has 1 aromatic heterocycles. The summed E-state index contributed by atoms with van der Waals surface area (Å²) in [7, 11) is 0. The minimum atomic E-state index is -0.226. The minimum Gasteiger partial charge on any atom is -0.456 e. The summed E-state index contributed by atoms with van der Waals surface area (Å²) in [6.45, 7) is 3.44. The Hall–Kier alpha value is -1.29. The predicted octanol–water partition coefficient (Wildman–Crippen LogP) is 1.68. The molecule has 3 unspecified atom stereocenters. The maximum absolute atomic E-state index is 12.3. The SMILES string of the molecule is CCc1ccc(C(=O)N2CC3CCC(O)C3C2)o1. The molecule has 4 heteroatoms. The topological polar surface area (TPSA) is 53.7 Å². The molecule has 2 aliphatic rings. The van der Waals surface area contributed by atoms with Crippen molar-refractivity contribution >= 4 is 5.91 Å². The number of aliphatic hydroxyl groups excluding tert-OH is 1. The second-order valence-corrected chi connectivity index (χ2v) is 5.40. The summed E-state index contributed by atoms with van der Waals surface area (Å²) in [6.07, 6.45) is 2.50. The fraction of sp³-hybridized carbons (Fsp3) is 0.643. The first-order chi connectivity index (χ1) is 8.69. The third-order valence-corrected chi connectivity index (χ3v) is 4.33. The van der Waals surface area contributed by atoms with Gasteiger partial charge in [-0.15, -0.1) is 0 Å². The normalized spacial score (nSPS) is 30.8. The summed E-state index contributed by atoms with van der Waals surface area (Å²) < 4.78 is 5.50. The molecule has 1 N–H and O–H groups in total. The molecule has 1 aromatic rings. The van der Waals surface area contributed by atoms with Crippen LogP contribution in [0.2, 0.25) is 0 Å². The second-order valence-electron chi connectivity index (χ2n) is 5.40. The molecule has 3 rings (SSSR count). The van der Waals surface area contributed by atoms with Gasteiger partial charge in [-0.25, -0.2) is 0 Å². The van der Waals surface area contributed by atoms with E-state index in [2.05, 4.69) is 0 Å². The van der Waals surface area contributed by atoms with Crippen LogP contribution in [-0.4, -0.2) is 35.1 Å². The van der Waals surface area contributed by atoms with E-state index in [1.165, 1.54) is 0 Å². The summed E-state index contributed by atoms with van der Waals surface area (Å²) in [6, 6.07) is 3.62. The first-order valence-electron chi connectivity index (χ1n) is 6.75. The number of carbonyl (C=O) groups is 1. The Labute approximate surface area is 107 Å². The average molecular weight is 249 g/mol. The van der Waals surface area contributed by atoms with Gasteiger partial charge in [0.15, 0.2) is 5.76 Å². The van der Waals surface area contributed by atoms with Crippen LogP contribution in [0.3, 0.4) is 0 Å². The van der Waals surface area contributed by atoms with Crippen LogP contribution in [0.15, 0.2) is 16.5 Å². The van der Waals surface area contributed by atoms with E-state index in [1.807, 2.05) is 17.9 Å². The van der Waals surface area contributed by atoms with Crippen molar-refractivity contribution < 1.29 is 14.3 Å². The quantitative estimate of drug-likeness (QED) is 0.867. The number of rotatable bonds is 2. The highest BCUT2D eigenvalue weighted by Crippen LogP contribution is 2.38. The number of likely N-dealkylation sites (tertiary alicyclic amines) is 1. The molecule has 4 nitrogen and oxygen atoms in total. The highest BCUT2D eigenvalue weighted by Gasteiger charge is 2.43. The van der Waals surface area contributed by atoms with Crippen molar-refractivity contribution in [1.29, 1.82) is 0 Å². The van der Waals surface area contributed by atoms with Crippen molar-refractivity contribution in [2.45, 2.75) is 32.3 Å². The fourth-order valence-electron chi connectivity index (χ4n) is 3.24. The van der Waals surface area contributed by atoms with Gasteiger partial charge in [-0.3, -0.25) is 4.79 Å². The molecule has 1 aliphatic carbocycles. The molecular formula is C14H19NO3. The number of hydrogen-bond donors (Lipinski definition) is 1. The van der Waals surface area contributed by atoms with E-state index in [4.69, 9.17) is 4.42 Å². The van der Waals surface area contributed by atoms with E-state index in [9.17, 15) is 9.90 Å². The lowest BCUT2D eigenvalue weighted by Gasteiger charge is -2.17. The van der Waals surface area contributed by atoms with Gasteiger partial charge in [0.05, 0.1) is 6.10 Å². The second kappa shape index (κ2) is 4.43. The Morgan fingerprint density at radius 1 is 1.44 bits per heavy atom. The van der Waals surface area contributed by atoms with Gasteiger partial charge >= 0.3 is 0 Å². The summed E-state index contributed by atoms with van der Waals surface area (Å²) in [5.74, 6) is 1.99. The Morgan fingerprint density at radius 3 is 2.94 bits per heavy atom. The van der Waals surface area contributed by atoms with Crippen LogP contribution in [0.4, 0.5) is 0 Å². The smallest absolute Gasteiger partial charge is 0.289 e. The van der Waals surface area contributed by atoms with Gasteiger partial charge < -0.3 is 14.4 Å². The van der Waals surface area contributed by atoms with Gasteiger partial charge in [0.1, 0.15) is 5.76 Å². The Kier molecular flexibility index (Phi) is 2.90. The Bertz CT molecular complexity index is 454. The number of fused-ring (bicyclic) bond motifs is 1. The van der Waals surface area contributed by atoms with Gasteiger partial charge in [0, 0.05) is 25.4 Å². The molecular weight excluding hydrogens is 230 g/mol. The van der Waals surface area contributed by atoms with E-state index in [0.717, 1.165) is 31.6 Å². The zero-order chi connectivity index (χ0) is 12.7. The monoisotopic (exact) mass is 249 g/mol. The maximum Gasteiger partial charge on any atom is 0.289 e. The van der Waals surface area contributed by atoms with Gasteiger partial charge in [-0.2, -0.15) is 0 Å². The molecule has 2 heterocycles. The van der Waals surface area contributed by atoms with Gasteiger partial charge in [0.2, 0.25) is 0 Å². The summed E-state index contributed by atoms with van der Waals surface area (Å²) >= 11 is 0. The van der Waals surface area contributed by atoms with Crippen molar-refractivity contribution in [3.05, 3.63) is 23.7 Å². The molecule has 1 saturated carbocycles. The number of hydrogen-bond acceptors (Lipinski definition) is 3. The van der Waals surface area contributed by atoms with Crippen molar-refractivity contribution in [1.82, 2.24) is 4.90 Å².